The van der Waals surface area contributed by atoms with E-state index < -0.39 is 0 Å². The van der Waals surface area contributed by atoms with Gasteiger partial charge in [-0.2, -0.15) is 0 Å². The van der Waals surface area contributed by atoms with Gasteiger partial charge >= 0.3 is 0 Å². The average Bonchev–Trinajstić information content (AvgIpc) is 2.63. The highest BCUT2D eigenvalue weighted by atomic mass is 35.5. The van der Waals surface area contributed by atoms with Crippen LogP contribution in [0.4, 0.5) is 0 Å². The fourth-order valence-corrected chi connectivity index (χ4v) is 2.09. The summed E-state index contributed by atoms with van der Waals surface area (Å²) in [4.78, 5) is 15.2. The molecule has 0 radical (unpaired) electrons. The number of fused-ring (bicyclic) bond motifs is 1. The van der Waals surface area contributed by atoms with Gasteiger partial charge in [0.15, 0.2) is 0 Å². The number of nitrogens with two attached hydrogens (primary N) is 1. The molecule has 2 N–H and O–H groups in total. The fraction of sp³-hybridized carbons (Fsp3) is 0.273. The zero-order valence-electron chi connectivity index (χ0n) is 8.99. The standard InChI is InChI=1S/C11H11Cl2N3O/c12-6-11-15-8-2-1-7(13)5-9(8)16(11)4-3-10(14)17/h1-2,5H,3-4,6H2,(H2,14,17). The van der Waals surface area contributed by atoms with Gasteiger partial charge in [-0.25, -0.2) is 4.98 Å². The molecule has 17 heavy (non-hydrogen) atoms. The first-order chi connectivity index (χ1) is 8.11. The highest BCUT2D eigenvalue weighted by molar-refractivity contribution is 6.31. The lowest BCUT2D eigenvalue weighted by Crippen LogP contribution is -2.14. The normalized spacial score (nSPS) is 10.9. The van der Waals surface area contributed by atoms with E-state index in [4.69, 9.17) is 28.9 Å². The number of rotatable bonds is 4. The van der Waals surface area contributed by atoms with Crippen LogP contribution in [-0.4, -0.2) is 15.5 Å². The number of primary amides is 1. The van der Waals surface area contributed by atoms with Crippen LogP contribution in [0.5, 0.6) is 0 Å². The van der Waals surface area contributed by atoms with Gasteiger partial charge in [-0.15, -0.1) is 11.6 Å². The summed E-state index contributed by atoms with van der Waals surface area (Å²) in [5.74, 6) is 0.644. The first kappa shape index (κ1) is 12.2. The van der Waals surface area contributed by atoms with Crippen LogP contribution in [0.25, 0.3) is 11.0 Å². The molecule has 1 aromatic carbocycles. The van der Waals surface area contributed by atoms with Crippen LogP contribution in [-0.2, 0) is 17.2 Å². The third-order valence-electron chi connectivity index (χ3n) is 2.49. The number of alkyl halides is 1. The van der Waals surface area contributed by atoms with Gasteiger partial charge in [-0.3, -0.25) is 4.79 Å². The third kappa shape index (κ3) is 2.53. The molecule has 0 saturated carbocycles. The molecule has 0 aliphatic heterocycles. The number of carbonyl (C=O) groups excluding carboxylic acids is 1. The number of hydrogen-bond acceptors (Lipinski definition) is 2. The zero-order valence-corrected chi connectivity index (χ0v) is 10.5. The Balaban J connectivity index is 2.48. The Kier molecular flexibility index (Phi) is 3.54. The van der Waals surface area contributed by atoms with E-state index >= 15 is 0 Å². The highest BCUT2D eigenvalue weighted by Crippen LogP contribution is 2.21. The minimum absolute atomic E-state index is 0.252. The van der Waals surface area contributed by atoms with Gasteiger partial charge in [0.05, 0.1) is 16.9 Å². The summed E-state index contributed by atoms with van der Waals surface area (Å²) in [6.07, 6.45) is 0.252. The summed E-state index contributed by atoms with van der Waals surface area (Å²) in [6.45, 7) is 0.466. The van der Waals surface area contributed by atoms with Gasteiger partial charge in [-0.1, -0.05) is 11.6 Å². The maximum atomic E-state index is 10.8. The van der Waals surface area contributed by atoms with Crippen molar-refractivity contribution in [1.29, 1.82) is 0 Å². The number of imidazole rings is 1. The van der Waals surface area contributed by atoms with Crippen molar-refractivity contribution in [2.75, 3.05) is 0 Å². The summed E-state index contributed by atoms with van der Waals surface area (Å²) in [5, 5.41) is 0.624. The molecule has 0 saturated heterocycles. The molecular weight excluding hydrogens is 261 g/mol. The molecular formula is C11H11Cl2N3O. The number of aryl methyl sites for hydroxylation is 1. The van der Waals surface area contributed by atoms with Gasteiger partial charge in [-0.05, 0) is 18.2 Å². The molecule has 1 amide bonds. The minimum atomic E-state index is -0.352. The molecule has 6 heteroatoms. The van der Waals surface area contributed by atoms with Crippen molar-refractivity contribution in [3.63, 3.8) is 0 Å². The maximum absolute atomic E-state index is 10.8. The molecule has 0 fully saturated rings. The van der Waals surface area contributed by atoms with Crippen molar-refractivity contribution in [1.82, 2.24) is 9.55 Å². The summed E-state index contributed by atoms with van der Waals surface area (Å²) < 4.78 is 1.87. The molecule has 0 spiro atoms. The molecule has 1 heterocycles. The topological polar surface area (TPSA) is 60.9 Å². The number of hydrogen-bond donors (Lipinski definition) is 1. The van der Waals surface area contributed by atoms with Crippen molar-refractivity contribution in [2.45, 2.75) is 18.8 Å². The van der Waals surface area contributed by atoms with Gasteiger partial charge in [0.25, 0.3) is 0 Å². The quantitative estimate of drug-likeness (QED) is 0.868. The van der Waals surface area contributed by atoms with E-state index in [1.165, 1.54) is 0 Å². The number of aromatic nitrogens is 2. The number of amides is 1. The summed E-state index contributed by atoms with van der Waals surface area (Å²) in [7, 11) is 0. The smallest absolute Gasteiger partial charge is 0.219 e. The van der Waals surface area contributed by atoms with E-state index in [0.717, 1.165) is 11.0 Å². The van der Waals surface area contributed by atoms with Gasteiger partial charge in [0.2, 0.25) is 5.91 Å². The lowest BCUT2D eigenvalue weighted by atomic mass is 10.3. The Hall–Kier alpha value is -1.26. The Morgan fingerprint density at radius 2 is 2.24 bits per heavy atom. The largest absolute Gasteiger partial charge is 0.370 e. The summed E-state index contributed by atoms with van der Waals surface area (Å²) in [5.41, 5.74) is 6.83. The van der Waals surface area contributed by atoms with Crippen molar-refractivity contribution in [3.8, 4) is 0 Å². The van der Waals surface area contributed by atoms with E-state index in [2.05, 4.69) is 4.98 Å². The van der Waals surface area contributed by atoms with Crippen molar-refractivity contribution in [3.05, 3.63) is 29.0 Å². The third-order valence-corrected chi connectivity index (χ3v) is 2.96. The predicted octanol–water partition coefficient (Wildman–Crippen LogP) is 2.30. The van der Waals surface area contributed by atoms with Gasteiger partial charge < -0.3 is 10.3 Å². The number of nitrogens with zero attached hydrogens (tertiary/aromatic N) is 2. The second-order valence-corrected chi connectivity index (χ2v) is 4.37. The van der Waals surface area contributed by atoms with E-state index in [1.807, 2.05) is 10.6 Å². The molecule has 2 rings (SSSR count). The van der Waals surface area contributed by atoms with Crippen LogP contribution >= 0.6 is 23.2 Å². The van der Waals surface area contributed by atoms with Crippen molar-refractivity contribution >= 4 is 40.1 Å². The molecule has 2 aromatic rings. The monoisotopic (exact) mass is 271 g/mol. The molecule has 0 atom stereocenters. The van der Waals surface area contributed by atoms with E-state index in [0.29, 0.717) is 17.4 Å². The molecule has 0 aliphatic carbocycles. The first-order valence-corrected chi connectivity index (χ1v) is 6.02. The first-order valence-electron chi connectivity index (χ1n) is 5.10. The molecule has 90 valence electrons. The number of benzene rings is 1. The van der Waals surface area contributed by atoms with Crippen LogP contribution in [0.1, 0.15) is 12.2 Å². The molecule has 0 unspecified atom stereocenters. The maximum Gasteiger partial charge on any atom is 0.219 e. The van der Waals surface area contributed by atoms with Crippen LogP contribution in [0.15, 0.2) is 18.2 Å². The Morgan fingerprint density at radius 3 is 2.88 bits per heavy atom. The summed E-state index contributed by atoms with van der Waals surface area (Å²) >= 11 is 11.8. The van der Waals surface area contributed by atoms with Crippen LogP contribution in [0, 0.1) is 0 Å². The van der Waals surface area contributed by atoms with Crippen molar-refractivity contribution < 1.29 is 4.79 Å². The van der Waals surface area contributed by atoms with E-state index in [-0.39, 0.29) is 18.2 Å². The van der Waals surface area contributed by atoms with Crippen LogP contribution < -0.4 is 5.73 Å². The van der Waals surface area contributed by atoms with E-state index in [9.17, 15) is 4.79 Å². The second kappa shape index (κ2) is 4.94. The Morgan fingerprint density at radius 1 is 1.47 bits per heavy atom. The molecule has 1 aromatic heterocycles. The SMILES string of the molecule is NC(=O)CCn1c(CCl)nc2ccc(Cl)cc21. The van der Waals surface area contributed by atoms with Gasteiger partial charge in [0, 0.05) is 18.0 Å². The minimum Gasteiger partial charge on any atom is -0.370 e. The number of carbonyl (C=O) groups is 1. The predicted molar refractivity (Wildman–Crippen MR) is 68.1 cm³/mol. The van der Waals surface area contributed by atoms with E-state index in [1.54, 1.807) is 12.1 Å². The lowest BCUT2D eigenvalue weighted by Gasteiger charge is -2.05. The zero-order chi connectivity index (χ0) is 12.4. The summed E-state index contributed by atoms with van der Waals surface area (Å²) in [6, 6.07) is 5.41. The van der Waals surface area contributed by atoms with Crippen LogP contribution in [0.2, 0.25) is 5.02 Å². The van der Waals surface area contributed by atoms with Crippen LogP contribution in [0.3, 0.4) is 0 Å². The second-order valence-electron chi connectivity index (χ2n) is 3.66. The number of halogens is 2. The fourth-order valence-electron chi connectivity index (χ4n) is 1.72. The Bertz CT molecular complexity index is 565. The molecule has 0 aliphatic rings. The lowest BCUT2D eigenvalue weighted by molar-refractivity contribution is -0.118. The average molecular weight is 272 g/mol. The molecule has 4 nitrogen and oxygen atoms in total. The van der Waals surface area contributed by atoms with Gasteiger partial charge in [0.1, 0.15) is 5.82 Å². The Labute approximate surface area is 108 Å². The van der Waals surface area contributed by atoms with Crippen molar-refractivity contribution in [2.24, 2.45) is 5.73 Å². The highest BCUT2D eigenvalue weighted by Gasteiger charge is 2.10. The molecule has 0 bridgehead atoms.